The van der Waals surface area contributed by atoms with E-state index >= 15 is 0 Å². The average molecular weight is 255 g/mol. The van der Waals surface area contributed by atoms with Crippen LogP contribution in [0.2, 0.25) is 0 Å². The zero-order valence-corrected chi connectivity index (χ0v) is 10.7. The molecule has 0 bridgehead atoms. The summed E-state index contributed by atoms with van der Waals surface area (Å²) in [5.41, 5.74) is 7.89. The van der Waals surface area contributed by atoms with Gasteiger partial charge in [0, 0.05) is 25.9 Å². The minimum absolute atomic E-state index is 0.619. The van der Waals surface area contributed by atoms with E-state index in [1.54, 1.807) is 6.26 Å². The molecule has 0 spiro atoms. The van der Waals surface area contributed by atoms with E-state index in [0.29, 0.717) is 6.54 Å². The number of benzene rings is 1. The molecule has 0 atom stereocenters. The second-order valence-electron chi connectivity index (χ2n) is 4.54. The van der Waals surface area contributed by atoms with Gasteiger partial charge in [0.15, 0.2) is 0 Å². The lowest BCUT2D eigenvalue weighted by Crippen LogP contribution is -2.13. The molecular formula is C15H17N3O. The van der Waals surface area contributed by atoms with Crippen molar-refractivity contribution in [2.24, 2.45) is 5.73 Å². The van der Waals surface area contributed by atoms with Crippen LogP contribution >= 0.6 is 0 Å². The molecule has 19 heavy (non-hydrogen) atoms. The van der Waals surface area contributed by atoms with Crippen molar-refractivity contribution in [3.05, 3.63) is 54.2 Å². The summed E-state index contributed by atoms with van der Waals surface area (Å²) < 4.78 is 7.57. The maximum atomic E-state index is 5.70. The zero-order chi connectivity index (χ0) is 13.1. The third-order valence-electron chi connectivity index (χ3n) is 3.26. The second-order valence-corrected chi connectivity index (χ2v) is 4.54. The van der Waals surface area contributed by atoms with Crippen molar-refractivity contribution in [1.82, 2.24) is 9.55 Å². The van der Waals surface area contributed by atoms with Gasteiger partial charge in [-0.25, -0.2) is 4.98 Å². The fourth-order valence-corrected chi connectivity index (χ4v) is 2.38. The van der Waals surface area contributed by atoms with Crippen LogP contribution in [0.1, 0.15) is 11.6 Å². The van der Waals surface area contributed by atoms with Crippen LogP contribution in [-0.2, 0) is 19.4 Å². The fraction of sp³-hybridized carbons (Fsp3) is 0.267. The Balaban J connectivity index is 1.90. The van der Waals surface area contributed by atoms with Gasteiger partial charge in [0.2, 0.25) is 0 Å². The highest BCUT2D eigenvalue weighted by atomic mass is 16.3. The average Bonchev–Trinajstić information content (AvgIpc) is 3.05. The molecule has 0 aliphatic carbocycles. The van der Waals surface area contributed by atoms with Crippen LogP contribution in [0.4, 0.5) is 0 Å². The molecule has 0 radical (unpaired) electrons. The first-order valence-electron chi connectivity index (χ1n) is 6.55. The first-order chi connectivity index (χ1) is 9.38. The maximum Gasteiger partial charge on any atom is 0.110 e. The third-order valence-corrected chi connectivity index (χ3v) is 3.26. The largest absolute Gasteiger partial charge is 0.469 e. The summed E-state index contributed by atoms with van der Waals surface area (Å²) in [7, 11) is 0. The molecule has 98 valence electrons. The zero-order valence-electron chi connectivity index (χ0n) is 10.7. The Morgan fingerprint density at radius 2 is 2.00 bits per heavy atom. The van der Waals surface area contributed by atoms with Crippen molar-refractivity contribution < 1.29 is 4.42 Å². The third kappa shape index (κ3) is 2.39. The van der Waals surface area contributed by atoms with Gasteiger partial charge in [0.1, 0.15) is 11.6 Å². The van der Waals surface area contributed by atoms with Gasteiger partial charge < -0.3 is 14.7 Å². The molecule has 0 saturated heterocycles. The van der Waals surface area contributed by atoms with Gasteiger partial charge in [-0.1, -0.05) is 12.1 Å². The minimum atomic E-state index is 0.619. The van der Waals surface area contributed by atoms with Gasteiger partial charge >= 0.3 is 0 Å². The summed E-state index contributed by atoms with van der Waals surface area (Å²) in [4.78, 5) is 4.70. The molecule has 3 rings (SSSR count). The Bertz CT molecular complexity index is 655. The molecular weight excluding hydrogens is 238 g/mol. The van der Waals surface area contributed by atoms with E-state index in [2.05, 4.69) is 10.6 Å². The Kier molecular flexibility index (Phi) is 3.33. The summed E-state index contributed by atoms with van der Waals surface area (Å²) in [5.74, 6) is 2.06. The molecule has 0 fully saturated rings. The topological polar surface area (TPSA) is 57.0 Å². The van der Waals surface area contributed by atoms with Gasteiger partial charge in [-0.3, -0.25) is 0 Å². The smallest absolute Gasteiger partial charge is 0.110 e. The predicted octanol–water partition coefficient (Wildman–Crippen LogP) is 2.37. The van der Waals surface area contributed by atoms with Crippen LogP contribution in [0.15, 0.2) is 47.1 Å². The number of furan rings is 1. The standard InChI is InChI=1S/C15H17N3O/c16-9-10-18-14-6-2-1-5-13(14)17-15(18)8-7-12-4-3-11-19-12/h1-6,11H,7-10,16H2. The Morgan fingerprint density at radius 1 is 1.11 bits per heavy atom. The number of nitrogens with two attached hydrogens (primary N) is 1. The molecule has 0 saturated carbocycles. The molecule has 0 amide bonds. The van der Waals surface area contributed by atoms with Crippen LogP contribution in [0.3, 0.4) is 0 Å². The minimum Gasteiger partial charge on any atom is -0.469 e. The number of nitrogens with zero attached hydrogens (tertiary/aromatic N) is 2. The van der Waals surface area contributed by atoms with Crippen molar-refractivity contribution in [2.75, 3.05) is 6.54 Å². The van der Waals surface area contributed by atoms with E-state index in [1.165, 1.54) is 0 Å². The Morgan fingerprint density at radius 3 is 2.79 bits per heavy atom. The monoisotopic (exact) mass is 255 g/mol. The Hall–Kier alpha value is -2.07. The summed E-state index contributed by atoms with van der Waals surface area (Å²) in [5, 5.41) is 0. The summed E-state index contributed by atoms with van der Waals surface area (Å²) >= 11 is 0. The number of hydrogen-bond acceptors (Lipinski definition) is 3. The first-order valence-corrected chi connectivity index (χ1v) is 6.55. The fourth-order valence-electron chi connectivity index (χ4n) is 2.38. The number of fused-ring (bicyclic) bond motifs is 1. The van der Waals surface area contributed by atoms with Crippen LogP contribution in [0.5, 0.6) is 0 Å². The lowest BCUT2D eigenvalue weighted by Gasteiger charge is -2.06. The predicted molar refractivity (Wildman–Crippen MR) is 74.9 cm³/mol. The molecule has 4 heteroatoms. The number of para-hydroxylation sites is 2. The van der Waals surface area contributed by atoms with Crippen molar-refractivity contribution in [1.29, 1.82) is 0 Å². The summed E-state index contributed by atoms with van der Waals surface area (Å²) in [6.45, 7) is 1.42. The highest BCUT2D eigenvalue weighted by Crippen LogP contribution is 2.17. The van der Waals surface area contributed by atoms with Gasteiger partial charge in [0.25, 0.3) is 0 Å². The van der Waals surface area contributed by atoms with E-state index in [-0.39, 0.29) is 0 Å². The molecule has 0 aliphatic heterocycles. The van der Waals surface area contributed by atoms with Gasteiger partial charge in [-0.15, -0.1) is 0 Å². The van der Waals surface area contributed by atoms with E-state index in [1.807, 2.05) is 30.3 Å². The Labute approximate surface area is 111 Å². The van der Waals surface area contributed by atoms with Gasteiger partial charge in [-0.05, 0) is 24.3 Å². The molecule has 3 aromatic rings. The highest BCUT2D eigenvalue weighted by molar-refractivity contribution is 5.75. The highest BCUT2D eigenvalue weighted by Gasteiger charge is 2.10. The van der Waals surface area contributed by atoms with Crippen molar-refractivity contribution >= 4 is 11.0 Å². The maximum absolute atomic E-state index is 5.70. The van der Waals surface area contributed by atoms with E-state index in [4.69, 9.17) is 15.1 Å². The van der Waals surface area contributed by atoms with E-state index in [9.17, 15) is 0 Å². The van der Waals surface area contributed by atoms with Crippen LogP contribution in [0.25, 0.3) is 11.0 Å². The quantitative estimate of drug-likeness (QED) is 0.761. The number of aromatic nitrogens is 2. The number of rotatable bonds is 5. The van der Waals surface area contributed by atoms with E-state index in [0.717, 1.165) is 42.0 Å². The number of aryl methyl sites for hydroxylation is 2. The number of hydrogen-bond donors (Lipinski definition) is 1. The molecule has 2 N–H and O–H groups in total. The molecule has 0 unspecified atom stereocenters. The summed E-state index contributed by atoms with van der Waals surface area (Å²) in [6.07, 6.45) is 3.43. The van der Waals surface area contributed by atoms with Crippen LogP contribution in [-0.4, -0.2) is 16.1 Å². The normalized spacial score (nSPS) is 11.2. The van der Waals surface area contributed by atoms with Gasteiger partial charge in [-0.2, -0.15) is 0 Å². The molecule has 2 aromatic heterocycles. The number of imidazole rings is 1. The van der Waals surface area contributed by atoms with Gasteiger partial charge in [0.05, 0.1) is 17.3 Å². The molecule has 2 heterocycles. The first kappa shape index (κ1) is 12.0. The lowest BCUT2D eigenvalue weighted by atomic mass is 10.2. The molecule has 1 aromatic carbocycles. The molecule has 0 aliphatic rings. The SMILES string of the molecule is NCCn1c(CCc2ccco2)nc2ccccc21. The lowest BCUT2D eigenvalue weighted by molar-refractivity contribution is 0.503. The molecule has 4 nitrogen and oxygen atoms in total. The van der Waals surface area contributed by atoms with Crippen LogP contribution in [0, 0.1) is 0 Å². The summed E-state index contributed by atoms with van der Waals surface area (Å²) in [6, 6.07) is 12.1. The van der Waals surface area contributed by atoms with Crippen molar-refractivity contribution in [3.63, 3.8) is 0 Å². The van der Waals surface area contributed by atoms with Crippen LogP contribution < -0.4 is 5.73 Å². The van der Waals surface area contributed by atoms with E-state index < -0.39 is 0 Å². The second kappa shape index (κ2) is 5.28. The van der Waals surface area contributed by atoms with Crippen molar-refractivity contribution in [2.45, 2.75) is 19.4 Å². The van der Waals surface area contributed by atoms with Crippen molar-refractivity contribution in [3.8, 4) is 0 Å².